The number of hydroxylamine groups is 1. The second-order valence-corrected chi connectivity index (χ2v) is 8.46. The highest BCUT2D eigenvalue weighted by Gasteiger charge is 2.23. The van der Waals surface area contributed by atoms with Gasteiger partial charge in [0.05, 0.1) is 11.8 Å². The summed E-state index contributed by atoms with van der Waals surface area (Å²) >= 11 is 0. The van der Waals surface area contributed by atoms with Gasteiger partial charge < -0.3 is 15.0 Å². The molecular weight excluding hydrogens is 467 g/mol. The van der Waals surface area contributed by atoms with Gasteiger partial charge in [0.25, 0.3) is 5.91 Å². The molecule has 0 saturated heterocycles. The lowest BCUT2D eigenvalue weighted by Crippen LogP contribution is -2.41. The van der Waals surface area contributed by atoms with Gasteiger partial charge in [-0.05, 0) is 42.2 Å². The van der Waals surface area contributed by atoms with Gasteiger partial charge in [-0.3, -0.25) is 14.8 Å². The summed E-state index contributed by atoms with van der Waals surface area (Å²) in [4.78, 5) is 40.7. The number of aryl methyl sites for hydroxylation is 1. The Labute approximate surface area is 207 Å². The lowest BCUT2D eigenvalue weighted by molar-refractivity contribution is -0.129. The van der Waals surface area contributed by atoms with Crippen LogP contribution in [-0.4, -0.2) is 43.7 Å². The van der Waals surface area contributed by atoms with Crippen LogP contribution in [0.4, 0.5) is 4.39 Å². The fourth-order valence-corrected chi connectivity index (χ4v) is 3.87. The van der Waals surface area contributed by atoms with Gasteiger partial charge in [0.1, 0.15) is 17.3 Å². The highest BCUT2D eigenvalue weighted by Crippen LogP contribution is 2.16. The lowest BCUT2D eigenvalue weighted by Gasteiger charge is -2.19. The number of hydrogen-bond donors (Lipinski definition) is 4. The van der Waals surface area contributed by atoms with Crippen molar-refractivity contribution in [1.29, 1.82) is 0 Å². The minimum absolute atomic E-state index is 0.0410. The number of carboxylic acids is 1. The zero-order chi connectivity index (χ0) is 26.1. The third-order valence-corrected chi connectivity index (χ3v) is 5.78. The summed E-state index contributed by atoms with van der Waals surface area (Å²) in [5, 5.41) is 20.9. The van der Waals surface area contributed by atoms with E-state index in [0.29, 0.717) is 17.8 Å². The van der Waals surface area contributed by atoms with Gasteiger partial charge in [-0.1, -0.05) is 43.7 Å². The van der Waals surface area contributed by atoms with Gasteiger partial charge in [-0.25, -0.2) is 19.6 Å². The Kier molecular flexibility index (Phi) is 9.29. The van der Waals surface area contributed by atoms with Gasteiger partial charge in [-0.2, -0.15) is 0 Å². The van der Waals surface area contributed by atoms with Crippen molar-refractivity contribution in [2.24, 2.45) is 0 Å². The fourth-order valence-electron chi connectivity index (χ4n) is 3.87. The van der Waals surface area contributed by atoms with E-state index in [0.717, 1.165) is 18.4 Å². The predicted octanol–water partition coefficient (Wildman–Crippen LogP) is 3.35. The number of halogens is 1. The third-order valence-electron chi connectivity index (χ3n) is 5.78. The Morgan fingerprint density at radius 2 is 1.83 bits per heavy atom. The maximum absolute atomic E-state index is 14.2. The summed E-state index contributed by atoms with van der Waals surface area (Å²) in [6, 6.07) is 11.6. The van der Waals surface area contributed by atoms with Crippen molar-refractivity contribution in [1.82, 2.24) is 20.3 Å². The molecule has 1 aromatic heterocycles. The van der Waals surface area contributed by atoms with Crippen LogP contribution in [0.2, 0.25) is 0 Å². The van der Waals surface area contributed by atoms with E-state index < -0.39 is 29.6 Å². The molecule has 190 valence electrons. The predicted molar refractivity (Wildman–Crippen MR) is 129 cm³/mol. The molecule has 0 saturated carbocycles. The van der Waals surface area contributed by atoms with Gasteiger partial charge >= 0.3 is 5.97 Å². The molecule has 0 bridgehead atoms. The molecule has 10 heteroatoms. The highest BCUT2D eigenvalue weighted by molar-refractivity contribution is 5.93. The van der Waals surface area contributed by atoms with Crippen molar-refractivity contribution in [3.05, 3.63) is 88.8 Å². The van der Waals surface area contributed by atoms with Crippen molar-refractivity contribution >= 4 is 17.8 Å². The summed E-state index contributed by atoms with van der Waals surface area (Å²) < 4.78 is 16.0. The van der Waals surface area contributed by atoms with Crippen molar-refractivity contribution < 1.29 is 29.1 Å². The number of nitrogens with one attached hydrogen (secondary N) is 2. The minimum atomic E-state index is -1.03. The number of unbranched alkanes of at least 4 members (excludes halogenated alkanes) is 1. The van der Waals surface area contributed by atoms with E-state index in [9.17, 15) is 18.8 Å². The number of imidazole rings is 1. The molecule has 3 aromatic rings. The quantitative estimate of drug-likeness (QED) is 0.225. The summed E-state index contributed by atoms with van der Waals surface area (Å²) in [5.41, 5.74) is 3.07. The second kappa shape index (κ2) is 12.6. The zero-order valence-corrected chi connectivity index (χ0v) is 19.9. The van der Waals surface area contributed by atoms with Gasteiger partial charge in [0.2, 0.25) is 5.91 Å². The normalized spacial score (nSPS) is 11.6. The molecule has 1 unspecified atom stereocenters. The Bertz CT molecular complexity index is 1210. The van der Waals surface area contributed by atoms with Crippen molar-refractivity contribution in [2.75, 3.05) is 0 Å². The van der Waals surface area contributed by atoms with Gasteiger partial charge in [0, 0.05) is 25.4 Å². The second-order valence-electron chi connectivity index (χ2n) is 8.46. The molecule has 0 aliphatic carbocycles. The van der Waals surface area contributed by atoms with Crippen molar-refractivity contribution in [2.45, 2.75) is 51.6 Å². The molecule has 4 N–H and O–H groups in total. The van der Waals surface area contributed by atoms with E-state index in [1.165, 1.54) is 24.4 Å². The Morgan fingerprint density at radius 3 is 2.47 bits per heavy atom. The van der Waals surface area contributed by atoms with E-state index in [1.54, 1.807) is 40.4 Å². The van der Waals surface area contributed by atoms with Crippen LogP contribution in [0.5, 0.6) is 0 Å². The molecule has 3 rings (SSSR count). The van der Waals surface area contributed by atoms with Gasteiger partial charge in [0.15, 0.2) is 0 Å². The number of carbonyl (C=O) groups excluding carboxylic acids is 2. The zero-order valence-electron chi connectivity index (χ0n) is 19.9. The standard InChI is InChI=1S/C26H29FN4O5/c1-2-3-8-23-28-15-22(31(23)16-17-9-11-18(12-10-17)26(34)35)25(33)29-20(14-24(32)30-36)13-19-6-4-5-7-21(19)27/h4-7,9-12,15,20,36H,2-3,8,13-14,16H2,1H3,(H,29,33)(H,30,32)(H,34,35). The summed E-state index contributed by atoms with van der Waals surface area (Å²) in [6.45, 7) is 2.34. The third kappa shape index (κ3) is 6.98. The van der Waals surface area contributed by atoms with Crippen LogP contribution < -0.4 is 10.8 Å². The molecule has 1 heterocycles. The Balaban J connectivity index is 1.87. The molecule has 2 amide bonds. The topological polar surface area (TPSA) is 134 Å². The fraction of sp³-hybridized carbons (Fsp3) is 0.308. The van der Waals surface area contributed by atoms with E-state index in [1.807, 2.05) is 6.92 Å². The maximum atomic E-state index is 14.2. The monoisotopic (exact) mass is 496 g/mol. The molecular formula is C26H29FN4O5. The van der Waals surface area contributed by atoms with Crippen LogP contribution in [0.3, 0.4) is 0 Å². The van der Waals surface area contributed by atoms with Crippen molar-refractivity contribution in [3.63, 3.8) is 0 Å². The average Bonchev–Trinajstić information content (AvgIpc) is 3.26. The van der Waals surface area contributed by atoms with E-state index in [2.05, 4.69) is 10.3 Å². The average molecular weight is 497 g/mol. The van der Waals surface area contributed by atoms with Crippen LogP contribution in [0.1, 0.15) is 64.0 Å². The van der Waals surface area contributed by atoms with Crippen LogP contribution in [0, 0.1) is 5.82 Å². The lowest BCUT2D eigenvalue weighted by atomic mass is 10.0. The number of aromatic nitrogens is 2. The van der Waals surface area contributed by atoms with E-state index >= 15 is 0 Å². The molecule has 0 radical (unpaired) electrons. The number of benzene rings is 2. The number of hydrogen-bond acceptors (Lipinski definition) is 5. The maximum Gasteiger partial charge on any atom is 0.335 e. The number of nitrogens with zero attached hydrogens (tertiary/aromatic N) is 2. The molecule has 36 heavy (non-hydrogen) atoms. The van der Waals surface area contributed by atoms with Crippen molar-refractivity contribution in [3.8, 4) is 0 Å². The van der Waals surface area contributed by atoms with Crippen LogP contribution in [0.15, 0.2) is 54.7 Å². The first kappa shape index (κ1) is 26.6. The van der Waals surface area contributed by atoms with Crippen LogP contribution in [0.25, 0.3) is 0 Å². The van der Waals surface area contributed by atoms with E-state index in [-0.39, 0.29) is 30.6 Å². The summed E-state index contributed by atoms with van der Waals surface area (Å²) in [6.07, 6.45) is 3.68. The first-order valence-corrected chi connectivity index (χ1v) is 11.7. The number of rotatable bonds is 12. The Morgan fingerprint density at radius 1 is 1.11 bits per heavy atom. The summed E-state index contributed by atoms with van der Waals surface area (Å²) in [7, 11) is 0. The number of carbonyl (C=O) groups is 3. The molecule has 1 atom stereocenters. The number of amides is 2. The number of carboxylic acid groups (broad SMARTS) is 1. The minimum Gasteiger partial charge on any atom is -0.478 e. The smallest absolute Gasteiger partial charge is 0.335 e. The van der Waals surface area contributed by atoms with E-state index in [4.69, 9.17) is 10.3 Å². The SMILES string of the molecule is CCCCc1ncc(C(=O)NC(CC(=O)NO)Cc2ccccc2F)n1Cc1ccc(C(=O)O)cc1. The molecule has 0 spiro atoms. The summed E-state index contributed by atoms with van der Waals surface area (Å²) in [5.74, 6) is -2.01. The highest BCUT2D eigenvalue weighted by atomic mass is 19.1. The van der Waals surface area contributed by atoms with Crippen LogP contribution >= 0.6 is 0 Å². The number of aromatic carboxylic acids is 1. The molecule has 0 fully saturated rings. The first-order valence-electron chi connectivity index (χ1n) is 11.7. The largest absolute Gasteiger partial charge is 0.478 e. The first-order chi connectivity index (χ1) is 17.3. The van der Waals surface area contributed by atoms with Crippen LogP contribution in [-0.2, 0) is 24.2 Å². The molecule has 0 aliphatic heterocycles. The molecule has 2 aromatic carbocycles. The van der Waals surface area contributed by atoms with Gasteiger partial charge in [-0.15, -0.1) is 0 Å². The molecule has 9 nitrogen and oxygen atoms in total. The molecule has 0 aliphatic rings. The Hall–Kier alpha value is -4.05.